The molecule has 0 N–H and O–H groups in total. The molecule has 1 saturated carbocycles. The number of likely N-dealkylation sites (tertiary alicyclic amines) is 2. The number of hydrogen-bond acceptors (Lipinski definition) is 6. The number of carbonyl (C=O) groups is 2. The number of nitrogens with zero attached hydrogens (tertiary/aromatic N) is 5. The Labute approximate surface area is 198 Å². The molecule has 8 heteroatoms. The minimum Gasteiger partial charge on any atom is -0.423 e. The van der Waals surface area contributed by atoms with Crippen LogP contribution >= 0.6 is 0 Å². The number of carbonyl (C=O) groups excluding carboxylic acids is 2. The summed E-state index contributed by atoms with van der Waals surface area (Å²) in [5.74, 6) is 2.61. The molecule has 2 amide bonds. The number of likely N-dealkylation sites (N-methyl/N-ethyl adjacent to an activating group) is 1. The Balaban J connectivity index is 1.39. The van der Waals surface area contributed by atoms with E-state index in [1.807, 2.05) is 13.8 Å². The minimum absolute atomic E-state index is 0.0430. The summed E-state index contributed by atoms with van der Waals surface area (Å²) in [6.07, 6.45) is 9.85. The zero-order valence-electron chi connectivity index (χ0n) is 20.9. The zero-order valence-corrected chi connectivity index (χ0v) is 20.9. The van der Waals surface area contributed by atoms with Gasteiger partial charge in [-0.25, -0.2) is 0 Å². The minimum atomic E-state index is -0.0430. The highest BCUT2D eigenvalue weighted by molar-refractivity contribution is 5.78. The van der Waals surface area contributed by atoms with Crippen molar-refractivity contribution in [2.45, 2.75) is 83.6 Å². The smallest absolute Gasteiger partial charge is 0.236 e. The number of hydrogen-bond donors (Lipinski definition) is 0. The van der Waals surface area contributed by atoms with Crippen molar-refractivity contribution < 1.29 is 14.0 Å². The Kier molecular flexibility index (Phi) is 7.41. The molecule has 1 aromatic rings. The molecular weight excluding hydrogens is 418 g/mol. The molecule has 0 aromatic carbocycles. The Morgan fingerprint density at radius 3 is 2.45 bits per heavy atom. The summed E-state index contributed by atoms with van der Waals surface area (Å²) in [6, 6.07) is -0.0430. The van der Waals surface area contributed by atoms with E-state index in [-0.39, 0.29) is 23.3 Å². The van der Waals surface area contributed by atoms with Gasteiger partial charge in [-0.3, -0.25) is 14.5 Å². The van der Waals surface area contributed by atoms with Gasteiger partial charge in [-0.2, -0.15) is 0 Å². The highest BCUT2D eigenvalue weighted by atomic mass is 16.4. The van der Waals surface area contributed by atoms with Gasteiger partial charge in [-0.05, 0) is 37.0 Å². The second-order valence-electron chi connectivity index (χ2n) is 11.1. The van der Waals surface area contributed by atoms with E-state index in [2.05, 4.69) is 20.0 Å². The highest BCUT2D eigenvalue weighted by Gasteiger charge is 2.48. The zero-order chi connectivity index (χ0) is 23.6. The Hall–Kier alpha value is -1.96. The molecule has 1 unspecified atom stereocenters. The third-order valence-corrected chi connectivity index (χ3v) is 8.10. The lowest BCUT2D eigenvalue weighted by Gasteiger charge is -2.39. The van der Waals surface area contributed by atoms with Crippen LogP contribution in [0.2, 0.25) is 0 Å². The summed E-state index contributed by atoms with van der Waals surface area (Å²) in [7, 11) is 3.59. The maximum absolute atomic E-state index is 12.8. The maximum Gasteiger partial charge on any atom is 0.236 e. The quantitative estimate of drug-likeness (QED) is 0.619. The second-order valence-corrected chi connectivity index (χ2v) is 11.1. The lowest BCUT2D eigenvalue weighted by Crippen LogP contribution is -2.45. The van der Waals surface area contributed by atoms with Crippen LogP contribution in [0.15, 0.2) is 4.42 Å². The van der Waals surface area contributed by atoms with Crippen molar-refractivity contribution in [1.29, 1.82) is 0 Å². The Morgan fingerprint density at radius 1 is 1.15 bits per heavy atom. The van der Waals surface area contributed by atoms with Gasteiger partial charge in [0.1, 0.15) is 0 Å². The summed E-state index contributed by atoms with van der Waals surface area (Å²) in [6.45, 7) is 6.89. The predicted octanol–water partition coefficient (Wildman–Crippen LogP) is 3.61. The van der Waals surface area contributed by atoms with Gasteiger partial charge in [0.15, 0.2) is 0 Å². The van der Waals surface area contributed by atoms with Crippen LogP contribution in [0, 0.1) is 11.3 Å². The maximum atomic E-state index is 12.8. The fraction of sp³-hybridized carbons (Fsp3) is 0.840. The van der Waals surface area contributed by atoms with Crippen molar-refractivity contribution in [3.05, 3.63) is 11.8 Å². The van der Waals surface area contributed by atoms with E-state index in [9.17, 15) is 9.59 Å². The van der Waals surface area contributed by atoms with Crippen LogP contribution in [0.3, 0.4) is 0 Å². The summed E-state index contributed by atoms with van der Waals surface area (Å²) in [4.78, 5) is 31.3. The molecule has 184 valence electrons. The third kappa shape index (κ3) is 5.58. The first-order valence-electron chi connectivity index (χ1n) is 12.8. The van der Waals surface area contributed by atoms with E-state index < -0.39 is 0 Å². The second kappa shape index (κ2) is 10.1. The lowest BCUT2D eigenvalue weighted by atomic mass is 9.76. The van der Waals surface area contributed by atoms with Crippen molar-refractivity contribution >= 4 is 11.8 Å². The molecular formula is C25H41N5O3. The normalized spacial score (nSPS) is 23.7. The molecule has 33 heavy (non-hydrogen) atoms. The Morgan fingerprint density at radius 2 is 1.85 bits per heavy atom. The summed E-state index contributed by atoms with van der Waals surface area (Å²) in [5.41, 5.74) is 0.0892. The average Bonchev–Trinajstić information content (AvgIpc) is 3.53. The van der Waals surface area contributed by atoms with Crippen LogP contribution in [-0.4, -0.2) is 77.0 Å². The van der Waals surface area contributed by atoms with Crippen LogP contribution in [0.4, 0.5) is 0 Å². The van der Waals surface area contributed by atoms with E-state index in [0.717, 1.165) is 51.2 Å². The largest absolute Gasteiger partial charge is 0.423 e. The molecule has 1 spiro atoms. The number of piperidine rings is 1. The molecule has 1 aliphatic carbocycles. The van der Waals surface area contributed by atoms with Crippen LogP contribution in [0.25, 0.3) is 0 Å². The van der Waals surface area contributed by atoms with Gasteiger partial charge in [-0.15, -0.1) is 10.2 Å². The van der Waals surface area contributed by atoms with Crippen molar-refractivity contribution in [2.24, 2.45) is 11.3 Å². The summed E-state index contributed by atoms with van der Waals surface area (Å²) in [5, 5.41) is 8.60. The fourth-order valence-corrected chi connectivity index (χ4v) is 5.86. The lowest BCUT2D eigenvalue weighted by molar-refractivity contribution is -0.133. The van der Waals surface area contributed by atoms with Gasteiger partial charge < -0.3 is 14.2 Å². The van der Waals surface area contributed by atoms with Crippen molar-refractivity contribution in [2.75, 3.05) is 40.3 Å². The number of amides is 2. The van der Waals surface area contributed by atoms with E-state index in [0.29, 0.717) is 30.7 Å². The van der Waals surface area contributed by atoms with Crippen LogP contribution in [-0.2, 0) is 9.59 Å². The fourth-order valence-electron chi connectivity index (χ4n) is 5.86. The third-order valence-electron chi connectivity index (χ3n) is 8.10. The predicted molar refractivity (Wildman–Crippen MR) is 125 cm³/mol. The van der Waals surface area contributed by atoms with Crippen molar-refractivity contribution in [3.8, 4) is 0 Å². The molecule has 0 bridgehead atoms. The molecule has 1 atom stereocenters. The van der Waals surface area contributed by atoms with Gasteiger partial charge in [0, 0.05) is 46.1 Å². The van der Waals surface area contributed by atoms with Crippen molar-refractivity contribution in [1.82, 2.24) is 24.9 Å². The number of rotatable bonds is 7. The first-order valence-corrected chi connectivity index (χ1v) is 12.8. The standard InChI is InChI=1S/C25H41N5O3/c1-18(2)23-26-27-24(33-23)20-15-25(17-30(20)16-22(32)28(3)4)11-13-29(14-12-25)21(31)10-9-19-7-5-6-8-19/h18-20H,5-17H2,1-4H3. The Bertz CT molecular complexity index is 822. The SMILES string of the molecule is CC(C)c1nnc(C2CC3(CCN(C(=O)CCC4CCCC4)CC3)CN2CC(=O)N(C)C)o1. The molecule has 2 aliphatic heterocycles. The van der Waals surface area contributed by atoms with Gasteiger partial charge in [0.05, 0.1) is 12.6 Å². The molecule has 3 heterocycles. The first kappa shape index (κ1) is 24.2. The average molecular weight is 460 g/mol. The van der Waals surface area contributed by atoms with Crippen molar-refractivity contribution in [3.63, 3.8) is 0 Å². The van der Waals surface area contributed by atoms with Crippen LogP contribution in [0.1, 0.15) is 95.4 Å². The first-order chi connectivity index (χ1) is 15.8. The van der Waals surface area contributed by atoms with Gasteiger partial charge >= 0.3 is 0 Å². The molecule has 4 rings (SSSR count). The summed E-state index contributed by atoms with van der Waals surface area (Å²) < 4.78 is 6.02. The van der Waals surface area contributed by atoms with Crippen LogP contribution < -0.4 is 0 Å². The topological polar surface area (TPSA) is 82.8 Å². The van der Waals surface area contributed by atoms with Gasteiger partial charge in [0.25, 0.3) is 0 Å². The van der Waals surface area contributed by atoms with E-state index >= 15 is 0 Å². The summed E-state index contributed by atoms with van der Waals surface area (Å²) >= 11 is 0. The van der Waals surface area contributed by atoms with E-state index in [4.69, 9.17) is 4.42 Å². The van der Waals surface area contributed by atoms with Crippen LogP contribution in [0.5, 0.6) is 0 Å². The molecule has 1 aromatic heterocycles. The molecule has 8 nitrogen and oxygen atoms in total. The molecule has 2 saturated heterocycles. The number of aromatic nitrogens is 2. The molecule has 0 radical (unpaired) electrons. The van der Waals surface area contributed by atoms with Gasteiger partial charge in [-0.1, -0.05) is 39.5 Å². The molecule has 3 fully saturated rings. The monoisotopic (exact) mass is 459 g/mol. The highest BCUT2D eigenvalue weighted by Crippen LogP contribution is 2.49. The van der Waals surface area contributed by atoms with E-state index in [1.54, 1.807) is 19.0 Å². The van der Waals surface area contributed by atoms with Gasteiger partial charge in [0.2, 0.25) is 23.6 Å². The molecule has 3 aliphatic rings. The van der Waals surface area contributed by atoms with E-state index in [1.165, 1.54) is 25.7 Å².